The van der Waals surface area contributed by atoms with Gasteiger partial charge in [0.25, 0.3) is 11.8 Å². The third kappa shape index (κ3) is 4.67. The van der Waals surface area contributed by atoms with Gasteiger partial charge in [-0.25, -0.2) is 9.67 Å². The Morgan fingerprint density at radius 3 is 2.30 bits per heavy atom. The predicted octanol–water partition coefficient (Wildman–Crippen LogP) is 4.13. The molecule has 158 valence electrons. The van der Waals surface area contributed by atoms with Crippen LogP contribution >= 0.6 is 0 Å². The van der Waals surface area contributed by atoms with Gasteiger partial charge in [0.2, 0.25) is 0 Å². The van der Waals surface area contributed by atoms with Crippen molar-refractivity contribution < 1.29 is 9.59 Å². The van der Waals surface area contributed by atoms with Crippen molar-refractivity contribution in [3.05, 3.63) is 53.2 Å². The minimum atomic E-state index is -0.387. The largest absolute Gasteiger partial charge is 0.350 e. The van der Waals surface area contributed by atoms with Crippen LogP contribution in [0.5, 0.6) is 0 Å². The molecule has 0 aliphatic carbocycles. The first-order chi connectivity index (χ1) is 14.1. The van der Waals surface area contributed by atoms with Crippen molar-refractivity contribution >= 4 is 28.7 Å². The first kappa shape index (κ1) is 21.5. The van der Waals surface area contributed by atoms with Crippen molar-refractivity contribution in [3.63, 3.8) is 0 Å². The Balaban J connectivity index is 1.96. The molecule has 0 fully saturated rings. The number of benzene rings is 1. The van der Waals surface area contributed by atoms with Crippen molar-refractivity contribution in [1.82, 2.24) is 20.1 Å². The maximum absolute atomic E-state index is 12.7. The zero-order valence-electron chi connectivity index (χ0n) is 18.4. The number of anilines is 1. The number of pyridine rings is 1. The van der Waals surface area contributed by atoms with Crippen LogP contribution in [0.25, 0.3) is 11.0 Å². The van der Waals surface area contributed by atoms with E-state index in [1.807, 2.05) is 53.7 Å². The van der Waals surface area contributed by atoms with Crippen LogP contribution in [0.3, 0.4) is 0 Å². The number of amides is 2. The third-order valence-corrected chi connectivity index (χ3v) is 4.61. The Morgan fingerprint density at radius 1 is 1.03 bits per heavy atom. The van der Waals surface area contributed by atoms with E-state index in [2.05, 4.69) is 20.7 Å². The van der Waals surface area contributed by atoms with Gasteiger partial charge in [0.15, 0.2) is 11.3 Å². The van der Waals surface area contributed by atoms with Gasteiger partial charge in [-0.3, -0.25) is 9.59 Å². The van der Waals surface area contributed by atoms with E-state index in [-0.39, 0.29) is 17.4 Å². The van der Waals surface area contributed by atoms with Crippen LogP contribution in [0.1, 0.15) is 61.0 Å². The van der Waals surface area contributed by atoms with E-state index in [0.29, 0.717) is 40.6 Å². The number of carbonyl (C=O) groups excluding carboxylic acids is 2. The highest BCUT2D eigenvalue weighted by atomic mass is 16.2. The van der Waals surface area contributed by atoms with Gasteiger partial charge in [0, 0.05) is 12.1 Å². The zero-order chi connectivity index (χ0) is 22.1. The van der Waals surface area contributed by atoms with Crippen LogP contribution in [-0.2, 0) is 5.54 Å². The lowest BCUT2D eigenvalue weighted by Gasteiger charge is -2.20. The highest BCUT2D eigenvalue weighted by Crippen LogP contribution is 2.25. The van der Waals surface area contributed by atoms with Crippen LogP contribution in [0.2, 0.25) is 0 Å². The number of fused-ring (bicyclic) bond motifs is 1. The van der Waals surface area contributed by atoms with E-state index in [1.165, 1.54) is 0 Å². The lowest BCUT2D eigenvalue weighted by Crippen LogP contribution is -2.29. The van der Waals surface area contributed by atoms with Crippen LogP contribution < -0.4 is 10.6 Å². The Bertz CT molecular complexity index is 1080. The number of aromatic nitrogens is 3. The van der Waals surface area contributed by atoms with Crippen molar-refractivity contribution in [2.24, 2.45) is 5.92 Å². The summed E-state index contributed by atoms with van der Waals surface area (Å²) in [6.07, 6.45) is 0. The number of nitrogens with zero attached hydrogens (tertiary/aromatic N) is 3. The molecular weight excluding hydrogens is 378 g/mol. The van der Waals surface area contributed by atoms with Crippen molar-refractivity contribution in [2.75, 3.05) is 11.9 Å². The molecular formula is C23H29N5O2. The summed E-state index contributed by atoms with van der Waals surface area (Å²) in [6.45, 7) is 12.6. The molecule has 3 aromatic rings. The second kappa shape index (κ2) is 8.26. The first-order valence-corrected chi connectivity index (χ1v) is 10.1. The van der Waals surface area contributed by atoms with Crippen molar-refractivity contribution in [3.8, 4) is 0 Å². The maximum atomic E-state index is 12.7. The van der Waals surface area contributed by atoms with Crippen LogP contribution in [-0.4, -0.2) is 33.1 Å². The lowest BCUT2D eigenvalue weighted by molar-refractivity contribution is 0.0943. The SMILES string of the molecule is Cc1ccc(C(=O)Nc2ccc3c(C(=O)NCC(C)C)nn(C(C)(C)C)c3n2)cc1. The molecule has 0 radical (unpaired) electrons. The minimum Gasteiger partial charge on any atom is -0.350 e. The molecule has 2 heterocycles. The van der Waals surface area contributed by atoms with Crippen LogP contribution in [0.15, 0.2) is 36.4 Å². The van der Waals surface area contributed by atoms with E-state index in [0.717, 1.165) is 5.56 Å². The van der Waals surface area contributed by atoms with Gasteiger partial charge in [0.05, 0.1) is 10.9 Å². The summed E-state index contributed by atoms with van der Waals surface area (Å²) in [6, 6.07) is 10.8. The molecule has 7 heteroatoms. The summed E-state index contributed by atoms with van der Waals surface area (Å²) < 4.78 is 1.73. The minimum absolute atomic E-state index is 0.227. The van der Waals surface area contributed by atoms with Gasteiger partial charge in [-0.2, -0.15) is 5.10 Å². The van der Waals surface area contributed by atoms with E-state index in [4.69, 9.17) is 0 Å². The van der Waals surface area contributed by atoms with E-state index < -0.39 is 0 Å². The van der Waals surface area contributed by atoms with E-state index >= 15 is 0 Å². The summed E-state index contributed by atoms with van der Waals surface area (Å²) in [5, 5.41) is 11.0. The molecule has 0 aliphatic heterocycles. The maximum Gasteiger partial charge on any atom is 0.272 e. The van der Waals surface area contributed by atoms with Gasteiger partial charge < -0.3 is 10.6 Å². The fraction of sp³-hybridized carbons (Fsp3) is 0.391. The molecule has 2 aromatic heterocycles. The number of carbonyl (C=O) groups is 2. The molecule has 3 rings (SSSR count). The van der Waals surface area contributed by atoms with Gasteiger partial charge in [-0.05, 0) is 57.9 Å². The Morgan fingerprint density at radius 2 is 1.70 bits per heavy atom. The molecule has 2 N–H and O–H groups in total. The summed E-state index contributed by atoms with van der Waals surface area (Å²) in [7, 11) is 0. The molecule has 0 spiro atoms. The lowest BCUT2D eigenvalue weighted by atomic mass is 10.1. The van der Waals surface area contributed by atoms with Crippen LogP contribution in [0.4, 0.5) is 5.82 Å². The molecule has 0 aliphatic rings. The summed E-state index contributed by atoms with van der Waals surface area (Å²) in [5.74, 6) is 0.285. The standard InChI is InChI=1S/C23H29N5O2/c1-14(2)13-24-22(30)19-17-11-12-18(25-20(17)28(27-19)23(4,5)6)26-21(29)16-9-7-15(3)8-10-16/h7-12,14H,13H2,1-6H3,(H,24,30)(H,25,26,29). The Labute approximate surface area is 176 Å². The average molecular weight is 408 g/mol. The van der Waals surface area contributed by atoms with Crippen LogP contribution in [0, 0.1) is 12.8 Å². The molecule has 0 saturated carbocycles. The van der Waals surface area contributed by atoms with Gasteiger partial charge in [0.1, 0.15) is 5.82 Å². The highest BCUT2D eigenvalue weighted by Gasteiger charge is 2.25. The number of hydrogen-bond acceptors (Lipinski definition) is 4. The zero-order valence-corrected chi connectivity index (χ0v) is 18.4. The van der Waals surface area contributed by atoms with Gasteiger partial charge in [-0.15, -0.1) is 0 Å². The number of aryl methyl sites for hydroxylation is 1. The number of rotatable bonds is 5. The number of hydrogen-bond donors (Lipinski definition) is 2. The Kier molecular flexibility index (Phi) is 5.92. The van der Waals surface area contributed by atoms with Gasteiger partial charge in [-0.1, -0.05) is 31.5 Å². The fourth-order valence-corrected chi connectivity index (χ4v) is 2.97. The molecule has 7 nitrogen and oxygen atoms in total. The molecule has 0 atom stereocenters. The second-order valence-electron chi connectivity index (χ2n) is 8.92. The van der Waals surface area contributed by atoms with Crippen molar-refractivity contribution in [2.45, 2.75) is 47.1 Å². The quantitative estimate of drug-likeness (QED) is 0.665. The normalized spacial score (nSPS) is 11.7. The summed E-state index contributed by atoms with van der Waals surface area (Å²) in [5.41, 5.74) is 2.15. The first-order valence-electron chi connectivity index (χ1n) is 10.1. The van der Waals surface area contributed by atoms with E-state index in [9.17, 15) is 9.59 Å². The monoisotopic (exact) mass is 407 g/mol. The molecule has 0 unspecified atom stereocenters. The molecule has 30 heavy (non-hydrogen) atoms. The second-order valence-corrected chi connectivity index (χ2v) is 8.92. The topological polar surface area (TPSA) is 88.9 Å². The van der Waals surface area contributed by atoms with Gasteiger partial charge >= 0.3 is 0 Å². The smallest absolute Gasteiger partial charge is 0.272 e. The fourth-order valence-electron chi connectivity index (χ4n) is 2.97. The molecule has 0 saturated heterocycles. The third-order valence-electron chi connectivity index (χ3n) is 4.61. The Hall–Kier alpha value is -3.22. The predicted molar refractivity (Wildman–Crippen MR) is 119 cm³/mol. The average Bonchev–Trinajstić information content (AvgIpc) is 3.06. The molecule has 0 bridgehead atoms. The number of nitrogens with one attached hydrogen (secondary N) is 2. The summed E-state index contributed by atoms with van der Waals surface area (Å²) >= 11 is 0. The van der Waals surface area contributed by atoms with E-state index in [1.54, 1.807) is 28.9 Å². The van der Waals surface area contributed by atoms with Crippen molar-refractivity contribution in [1.29, 1.82) is 0 Å². The molecule has 1 aromatic carbocycles. The molecule has 2 amide bonds. The summed E-state index contributed by atoms with van der Waals surface area (Å²) in [4.78, 5) is 29.9. The highest BCUT2D eigenvalue weighted by molar-refractivity contribution is 6.06.